The molecule has 1 amide bonds. The Hall–Kier alpha value is -1.26. The van der Waals surface area contributed by atoms with Crippen LogP contribution in [0.2, 0.25) is 0 Å². The number of nitrogens with zero attached hydrogens (tertiary/aromatic N) is 2. The summed E-state index contributed by atoms with van der Waals surface area (Å²) in [5, 5.41) is 11.3. The summed E-state index contributed by atoms with van der Waals surface area (Å²) in [4.78, 5) is 13.1. The Morgan fingerprint density at radius 2 is 2.15 bits per heavy atom. The van der Waals surface area contributed by atoms with Gasteiger partial charge in [-0.3, -0.25) is 4.79 Å². The number of amidine groups is 1. The van der Waals surface area contributed by atoms with Gasteiger partial charge in [0.25, 0.3) is 0 Å². The molecule has 0 heterocycles. The van der Waals surface area contributed by atoms with Gasteiger partial charge in [-0.05, 0) is 13.3 Å². The Balaban J connectivity index is 4.50. The first-order chi connectivity index (χ1) is 6.08. The van der Waals surface area contributed by atoms with Crippen molar-refractivity contribution in [2.24, 2.45) is 16.8 Å². The zero-order valence-electron chi connectivity index (χ0n) is 8.32. The quantitative estimate of drug-likeness (QED) is 0.286. The summed E-state index contributed by atoms with van der Waals surface area (Å²) in [5.41, 5.74) is 5.37. The first-order valence-electron chi connectivity index (χ1n) is 4.30. The second-order valence-corrected chi connectivity index (χ2v) is 2.84. The molecule has 0 spiro atoms. The van der Waals surface area contributed by atoms with Gasteiger partial charge in [0.05, 0.1) is 5.92 Å². The second-order valence-electron chi connectivity index (χ2n) is 2.84. The minimum atomic E-state index is -0.505. The minimum absolute atomic E-state index is 0.0206. The van der Waals surface area contributed by atoms with Crippen LogP contribution < -0.4 is 5.73 Å². The fourth-order valence-electron chi connectivity index (χ4n) is 1.00. The van der Waals surface area contributed by atoms with Gasteiger partial charge in [0.1, 0.15) is 0 Å². The molecule has 0 aliphatic carbocycles. The van der Waals surface area contributed by atoms with E-state index >= 15 is 0 Å². The highest BCUT2D eigenvalue weighted by atomic mass is 16.4. The molecule has 0 saturated carbocycles. The molecule has 0 aromatic rings. The second kappa shape index (κ2) is 5.40. The van der Waals surface area contributed by atoms with E-state index in [9.17, 15) is 4.79 Å². The van der Waals surface area contributed by atoms with Gasteiger partial charge in [0.15, 0.2) is 5.84 Å². The van der Waals surface area contributed by atoms with Gasteiger partial charge < -0.3 is 15.8 Å². The van der Waals surface area contributed by atoms with Gasteiger partial charge in [0.2, 0.25) is 5.91 Å². The average Bonchev–Trinajstić information content (AvgIpc) is 2.17. The summed E-state index contributed by atoms with van der Waals surface area (Å²) < 4.78 is 0. The third-order valence-electron chi connectivity index (χ3n) is 2.03. The number of amides is 1. The molecule has 0 radical (unpaired) electrons. The summed E-state index contributed by atoms with van der Waals surface area (Å²) in [6.45, 7) is 4.31. The van der Waals surface area contributed by atoms with Crippen molar-refractivity contribution >= 4 is 11.7 Å². The normalized spacial score (nSPS) is 13.9. The van der Waals surface area contributed by atoms with Crippen LogP contribution in [-0.4, -0.2) is 35.4 Å². The maximum absolute atomic E-state index is 11.6. The molecule has 1 atom stereocenters. The van der Waals surface area contributed by atoms with Gasteiger partial charge >= 0.3 is 0 Å². The largest absolute Gasteiger partial charge is 0.409 e. The zero-order valence-corrected chi connectivity index (χ0v) is 8.32. The fourth-order valence-corrected chi connectivity index (χ4v) is 1.00. The molecule has 0 aromatic heterocycles. The van der Waals surface area contributed by atoms with Crippen LogP contribution in [0.5, 0.6) is 0 Å². The van der Waals surface area contributed by atoms with E-state index in [1.165, 1.54) is 0 Å². The predicted molar refractivity (Wildman–Crippen MR) is 50.5 cm³/mol. The zero-order chi connectivity index (χ0) is 10.4. The average molecular weight is 187 g/mol. The van der Waals surface area contributed by atoms with Gasteiger partial charge in [-0.1, -0.05) is 12.1 Å². The predicted octanol–water partition coefficient (Wildman–Crippen LogP) is 0.237. The molecule has 5 heteroatoms. The minimum Gasteiger partial charge on any atom is -0.409 e. The number of oxime groups is 1. The molecule has 0 saturated heterocycles. The molecule has 13 heavy (non-hydrogen) atoms. The molecule has 5 nitrogen and oxygen atoms in total. The molecule has 0 aliphatic rings. The third-order valence-corrected chi connectivity index (χ3v) is 2.03. The number of carbonyl (C=O) groups is 1. The third kappa shape index (κ3) is 2.93. The van der Waals surface area contributed by atoms with Crippen molar-refractivity contribution in [3.63, 3.8) is 0 Å². The number of hydrogen-bond donors (Lipinski definition) is 2. The van der Waals surface area contributed by atoms with Gasteiger partial charge in [-0.25, -0.2) is 0 Å². The molecule has 1 unspecified atom stereocenters. The Morgan fingerprint density at radius 1 is 1.62 bits per heavy atom. The number of nitrogens with two attached hydrogens (primary N) is 1. The Bertz CT molecular complexity index is 204. The molecule has 0 rings (SSSR count). The summed E-state index contributed by atoms with van der Waals surface area (Å²) >= 11 is 0. The van der Waals surface area contributed by atoms with Crippen LogP contribution in [0.1, 0.15) is 20.3 Å². The van der Waals surface area contributed by atoms with Gasteiger partial charge in [0, 0.05) is 13.6 Å². The highest BCUT2D eigenvalue weighted by Gasteiger charge is 2.23. The van der Waals surface area contributed by atoms with Crippen molar-refractivity contribution in [2.45, 2.75) is 20.3 Å². The maximum Gasteiger partial charge on any atom is 0.233 e. The van der Waals surface area contributed by atoms with E-state index in [4.69, 9.17) is 10.9 Å². The lowest BCUT2D eigenvalue weighted by Crippen LogP contribution is -2.39. The molecular weight excluding hydrogens is 170 g/mol. The van der Waals surface area contributed by atoms with Crippen molar-refractivity contribution < 1.29 is 10.0 Å². The number of hydrogen-bond acceptors (Lipinski definition) is 3. The monoisotopic (exact) mass is 187 g/mol. The summed E-state index contributed by atoms with van der Waals surface area (Å²) in [5.74, 6) is -0.636. The smallest absolute Gasteiger partial charge is 0.233 e. The lowest BCUT2D eigenvalue weighted by molar-refractivity contribution is -0.131. The van der Waals surface area contributed by atoms with E-state index < -0.39 is 5.92 Å². The van der Waals surface area contributed by atoms with Gasteiger partial charge in [-0.15, -0.1) is 0 Å². The Labute approximate surface area is 78.2 Å². The lowest BCUT2D eigenvalue weighted by Gasteiger charge is -2.20. The SMILES string of the molecule is CCC(C(=O)N(C)CC)C(N)=NO. The molecule has 0 aromatic carbocycles. The first-order valence-corrected chi connectivity index (χ1v) is 4.30. The lowest BCUT2D eigenvalue weighted by atomic mass is 10.0. The molecule has 0 fully saturated rings. The van der Waals surface area contributed by atoms with Crippen LogP contribution in [0, 0.1) is 5.92 Å². The van der Waals surface area contributed by atoms with E-state index in [1.54, 1.807) is 11.9 Å². The Morgan fingerprint density at radius 3 is 2.46 bits per heavy atom. The highest BCUT2D eigenvalue weighted by molar-refractivity contribution is 6.01. The fraction of sp³-hybridized carbons (Fsp3) is 0.750. The van der Waals surface area contributed by atoms with Crippen LogP contribution in [0.15, 0.2) is 5.16 Å². The molecule has 0 aliphatic heterocycles. The molecule has 0 bridgehead atoms. The van der Waals surface area contributed by atoms with Crippen LogP contribution in [0.3, 0.4) is 0 Å². The van der Waals surface area contributed by atoms with Crippen LogP contribution in [-0.2, 0) is 4.79 Å². The number of rotatable bonds is 4. The maximum atomic E-state index is 11.6. The molecule has 3 N–H and O–H groups in total. The molecular formula is C8H17N3O2. The van der Waals surface area contributed by atoms with E-state index in [2.05, 4.69) is 5.16 Å². The topological polar surface area (TPSA) is 78.9 Å². The van der Waals surface area contributed by atoms with Crippen molar-refractivity contribution in [3.05, 3.63) is 0 Å². The van der Waals surface area contributed by atoms with Crippen molar-refractivity contribution in [3.8, 4) is 0 Å². The van der Waals surface area contributed by atoms with Crippen molar-refractivity contribution in [1.29, 1.82) is 0 Å². The summed E-state index contributed by atoms with van der Waals surface area (Å²) in [6, 6.07) is 0. The van der Waals surface area contributed by atoms with Crippen LogP contribution >= 0.6 is 0 Å². The number of carbonyl (C=O) groups excluding carboxylic acids is 1. The Kier molecular flexibility index (Phi) is 4.87. The first kappa shape index (κ1) is 11.7. The van der Waals surface area contributed by atoms with E-state index in [0.717, 1.165) is 0 Å². The van der Waals surface area contributed by atoms with E-state index in [-0.39, 0.29) is 11.7 Å². The summed E-state index contributed by atoms with van der Waals surface area (Å²) in [6.07, 6.45) is 0.541. The van der Waals surface area contributed by atoms with Gasteiger partial charge in [-0.2, -0.15) is 0 Å². The molecule has 76 valence electrons. The van der Waals surface area contributed by atoms with Crippen LogP contribution in [0.25, 0.3) is 0 Å². The van der Waals surface area contributed by atoms with E-state index in [1.807, 2.05) is 13.8 Å². The van der Waals surface area contributed by atoms with Crippen LogP contribution in [0.4, 0.5) is 0 Å². The summed E-state index contributed by atoms with van der Waals surface area (Å²) in [7, 11) is 1.69. The standard InChI is InChI=1S/C8H17N3O2/c1-4-6(7(9)10-13)8(12)11(3)5-2/h6,13H,4-5H2,1-3H3,(H2,9,10). The van der Waals surface area contributed by atoms with Crippen molar-refractivity contribution in [1.82, 2.24) is 4.90 Å². The van der Waals surface area contributed by atoms with E-state index in [0.29, 0.717) is 13.0 Å². The highest BCUT2D eigenvalue weighted by Crippen LogP contribution is 2.06. The van der Waals surface area contributed by atoms with Crippen molar-refractivity contribution in [2.75, 3.05) is 13.6 Å².